The number of halogens is 1. The summed E-state index contributed by atoms with van der Waals surface area (Å²) in [6, 6.07) is 8.34. The maximum Gasteiger partial charge on any atom is 0.250 e. The SMILES string of the molecule is O=C(N(Cc1ccc(F)cc1)CC1CC1)C1(n2cccn2)CCNCC1. The van der Waals surface area contributed by atoms with E-state index in [0.29, 0.717) is 12.5 Å². The Morgan fingerprint density at radius 2 is 2.00 bits per heavy atom. The van der Waals surface area contributed by atoms with Gasteiger partial charge in [-0.05, 0) is 68.5 Å². The highest BCUT2D eigenvalue weighted by molar-refractivity contribution is 5.84. The van der Waals surface area contributed by atoms with E-state index in [1.807, 2.05) is 21.8 Å². The van der Waals surface area contributed by atoms with Crippen LogP contribution in [0.2, 0.25) is 0 Å². The molecular weight excluding hydrogens is 331 g/mol. The summed E-state index contributed by atoms with van der Waals surface area (Å²) < 4.78 is 15.1. The van der Waals surface area contributed by atoms with E-state index in [1.165, 1.54) is 25.0 Å². The molecule has 0 bridgehead atoms. The van der Waals surface area contributed by atoms with E-state index < -0.39 is 5.54 Å². The zero-order chi connectivity index (χ0) is 18.0. The van der Waals surface area contributed by atoms with Gasteiger partial charge in [0.15, 0.2) is 0 Å². The van der Waals surface area contributed by atoms with Gasteiger partial charge in [-0.3, -0.25) is 9.48 Å². The van der Waals surface area contributed by atoms with Gasteiger partial charge in [0.05, 0.1) is 0 Å². The number of amides is 1. The van der Waals surface area contributed by atoms with Gasteiger partial charge >= 0.3 is 0 Å². The number of aromatic nitrogens is 2. The molecule has 1 aliphatic carbocycles. The first-order valence-electron chi connectivity index (χ1n) is 9.42. The van der Waals surface area contributed by atoms with E-state index in [0.717, 1.165) is 38.0 Å². The molecule has 4 rings (SSSR count). The van der Waals surface area contributed by atoms with Crippen molar-refractivity contribution in [3.05, 3.63) is 54.1 Å². The first kappa shape index (κ1) is 17.2. The number of hydrogen-bond donors (Lipinski definition) is 1. The summed E-state index contributed by atoms with van der Waals surface area (Å²) >= 11 is 0. The van der Waals surface area contributed by atoms with Crippen molar-refractivity contribution in [1.29, 1.82) is 0 Å². The molecule has 26 heavy (non-hydrogen) atoms. The van der Waals surface area contributed by atoms with Crippen LogP contribution in [-0.2, 0) is 16.9 Å². The molecule has 0 radical (unpaired) electrons. The lowest BCUT2D eigenvalue weighted by Gasteiger charge is -2.40. The molecule has 1 aromatic heterocycles. The highest BCUT2D eigenvalue weighted by Gasteiger charge is 2.45. The summed E-state index contributed by atoms with van der Waals surface area (Å²) in [5.41, 5.74) is 0.342. The third-order valence-corrected chi connectivity index (χ3v) is 5.52. The molecule has 0 unspecified atom stereocenters. The van der Waals surface area contributed by atoms with Crippen molar-refractivity contribution in [2.24, 2.45) is 5.92 Å². The second-order valence-electron chi connectivity index (χ2n) is 7.49. The van der Waals surface area contributed by atoms with Crippen LogP contribution in [0.4, 0.5) is 4.39 Å². The van der Waals surface area contributed by atoms with Crippen LogP contribution in [-0.4, -0.2) is 40.2 Å². The number of carbonyl (C=O) groups is 1. The van der Waals surface area contributed by atoms with Crippen LogP contribution in [0.3, 0.4) is 0 Å². The maximum absolute atomic E-state index is 13.7. The Hall–Kier alpha value is -2.21. The summed E-state index contributed by atoms with van der Waals surface area (Å²) in [7, 11) is 0. The molecule has 5 nitrogen and oxygen atoms in total. The number of carbonyl (C=O) groups excluding carboxylic acids is 1. The second kappa shape index (κ2) is 7.19. The van der Waals surface area contributed by atoms with Crippen molar-refractivity contribution >= 4 is 5.91 Å². The van der Waals surface area contributed by atoms with E-state index in [9.17, 15) is 9.18 Å². The Kier molecular flexibility index (Phi) is 4.76. The average molecular weight is 356 g/mol. The Morgan fingerprint density at radius 3 is 2.62 bits per heavy atom. The summed E-state index contributed by atoms with van der Waals surface area (Å²) in [5, 5.41) is 7.77. The van der Waals surface area contributed by atoms with Gasteiger partial charge in [0.1, 0.15) is 11.4 Å². The lowest BCUT2D eigenvalue weighted by Crippen LogP contribution is -2.55. The van der Waals surface area contributed by atoms with Crippen molar-refractivity contribution < 1.29 is 9.18 Å². The zero-order valence-electron chi connectivity index (χ0n) is 14.9. The molecule has 1 saturated carbocycles. The first-order valence-corrected chi connectivity index (χ1v) is 9.42. The summed E-state index contributed by atoms with van der Waals surface area (Å²) in [6.07, 6.45) is 7.47. The Balaban J connectivity index is 1.62. The van der Waals surface area contributed by atoms with Crippen molar-refractivity contribution in [2.75, 3.05) is 19.6 Å². The highest BCUT2D eigenvalue weighted by Crippen LogP contribution is 2.34. The summed E-state index contributed by atoms with van der Waals surface area (Å²) in [6.45, 7) is 2.90. The fraction of sp³-hybridized carbons (Fsp3) is 0.500. The van der Waals surface area contributed by atoms with Crippen LogP contribution in [0, 0.1) is 11.7 Å². The molecule has 1 N–H and O–H groups in total. The van der Waals surface area contributed by atoms with Gasteiger partial charge in [-0.2, -0.15) is 5.10 Å². The van der Waals surface area contributed by atoms with Gasteiger partial charge in [0.25, 0.3) is 5.91 Å². The lowest BCUT2D eigenvalue weighted by atomic mass is 9.86. The van der Waals surface area contributed by atoms with Crippen molar-refractivity contribution in [1.82, 2.24) is 20.0 Å². The van der Waals surface area contributed by atoms with E-state index in [-0.39, 0.29) is 11.7 Å². The van der Waals surface area contributed by atoms with Gasteiger partial charge < -0.3 is 10.2 Å². The molecular formula is C20H25FN4O. The second-order valence-corrected chi connectivity index (χ2v) is 7.49. The molecule has 6 heteroatoms. The monoisotopic (exact) mass is 356 g/mol. The van der Waals surface area contributed by atoms with Crippen LogP contribution in [0.5, 0.6) is 0 Å². The fourth-order valence-corrected chi connectivity index (χ4v) is 3.84. The minimum absolute atomic E-state index is 0.138. The van der Waals surface area contributed by atoms with E-state index in [2.05, 4.69) is 10.4 Å². The van der Waals surface area contributed by atoms with Crippen molar-refractivity contribution in [3.8, 4) is 0 Å². The molecule has 2 aromatic rings. The van der Waals surface area contributed by atoms with Gasteiger partial charge in [-0.25, -0.2) is 4.39 Å². The molecule has 1 aromatic carbocycles. The van der Waals surface area contributed by atoms with Gasteiger partial charge in [0.2, 0.25) is 0 Å². The third kappa shape index (κ3) is 3.51. The largest absolute Gasteiger partial charge is 0.336 e. The number of benzene rings is 1. The van der Waals surface area contributed by atoms with Crippen LogP contribution in [0.1, 0.15) is 31.2 Å². The quantitative estimate of drug-likeness (QED) is 0.865. The predicted octanol–water partition coefficient (Wildman–Crippen LogP) is 2.54. The van der Waals surface area contributed by atoms with Crippen LogP contribution >= 0.6 is 0 Å². The zero-order valence-corrected chi connectivity index (χ0v) is 14.9. The smallest absolute Gasteiger partial charge is 0.250 e. The lowest BCUT2D eigenvalue weighted by molar-refractivity contribution is -0.144. The number of nitrogens with one attached hydrogen (secondary N) is 1. The Labute approximate surface area is 153 Å². The average Bonchev–Trinajstić information content (AvgIpc) is 3.31. The molecule has 1 aliphatic heterocycles. The third-order valence-electron chi connectivity index (χ3n) is 5.52. The molecule has 138 valence electrons. The number of rotatable bonds is 6. The first-order chi connectivity index (χ1) is 12.7. The van der Waals surface area contributed by atoms with Crippen LogP contribution in [0.25, 0.3) is 0 Å². The molecule has 1 saturated heterocycles. The van der Waals surface area contributed by atoms with E-state index in [1.54, 1.807) is 18.3 Å². The molecule has 2 heterocycles. The molecule has 2 aliphatic rings. The minimum atomic E-state index is -0.621. The summed E-state index contributed by atoms with van der Waals surface area (Å²) in [5.74, 6) is 0.481. The van der Waals surface area contributed by atoms with Gasteiger partial charge in [-0.1, -0.05) is 12.1 Å². The topological polar surface area (TPSA) is 50.2 Å². The molecule has 0 spiro atoms. The predicted molar refractivity (Wildman–Crippen MR) is 96.8 cm³/mol. The Bertz CT molecular complexity index is 734. The number of nitrogens with zero attached hydrogens (tertiary/aromatic N) is 3. The highest BCUT2D eigenvalue weighted by atomic mass is 19.1. The maximum atomic E-state index is 13.7. The van der Waals surface area contributed by atoms with E-state index >= 15 is 0 Å². The van der Waals surface area contributed by atoms with Crippen LogP contribution in [0.15, 0.2) is 42.7 Å². The normalized spacial score (nSPS) is 19.3. The Morgan fingerprint density at radius 1 is 1.27 bits per heavy atom. The standard InChI is InChI=1S/C20H25FN4O/c21-18-6-4-17(5-7-18)15-24(14-16-2-3-16)19(26)20(8-11-22-12-9-20)25-13-1-10-23-25/h1,4-7,10,13,16,22H,2-3,8-9,11-12,14-15H2. The minimum Gasteiger partial charge on any atom is -0.336 e. The fourth-order valence-electron chi connectivity index (χ4n) is 3.84. The van der Waals surface area contributed by atoms with Crippen molar-refractivity contribution in [3.63, 3.8) is 0 Å². The molecule has 2 fully saturated rings. The number of hydrogen-bond acceptors (Lipinski definition) is 3. The van der Waals surface area contributed by atoms with Gasteiger partial charge in [0, 0.05) is 25.5 Å². The number of piperidine rings is 1. The van der Waals surface area contributed by atoms with Crippen molar-refractivity contribution in [2.45, 2.75) is 37.8 Å². The van der Waals surface area contributed by atoms with E-state index in [4.69, 9.17) is 0 Å². The molecule has 1 amide bonds. The van der Waals surface area contributed by atoms with Crippen LogP contribution < -0.4 is 5.32 Å². The van der Waals surface area contributed by atoms with Gasteiger partial charge in [-0.15, -0.1) is 0 Å². The summed E-state index contributed by atoms with van der Waals surface area (Å²) in [4.78, 5) is 15.7. The molecule has 0 atom stereocenters.